The molecule has 7 nitrogen and oxygen atoms in total. The number of amides is 2. The van der Waals surface area contributed by atoms with Gasteiger partial charge in [-0.1, -0.05) is 41.9 Å². The Bertz CT molecular complexity index is 957. The van der Waals surface area contributed by atoms with Crippen molar-refractivity contribution in [2.75, 3.05) is 58.2 Å². The highest BCUT2D eigenvalue weighted by Gasteiger charge is 2.31. The number of likely N-dealkylation sites (tertiary alicyclic amines) is 1. The van der Waals surface area contributed by atoms with Crippen LogP contribution in [0.2, 0.25) is 5.02 Å². The van der Waals surface area contributed by atoms with Gasteiger partial charge in [-0.15, -0.1) is 0 Å². The first kappa shape index (κ1) is 23.5. The van der Waals surface area contributed by atoms with Crippen molar-refractivity contribution in [3.63, 3.8) is 0 Å². The molecular formula is C25H31ClN4O3. The van der Waals surface area contributed by atoms with Crippen molar-refractivity contribution in [3.8, 4) is 5.75 Å². The molecular weight excluding hydrogens is 440 g/mol. The maximum absolute atomic E-state index is 13.4. The molecule has 0 unspecified atom stereocenters. The molecule has 0 aromatic heterocycles. The average Bonchev–Trinajstić information content (AvgIpc) is 3.37. The highest BCUT2D eigenvalue weighted by atomic mass is 35.5. The van der Waals surface area contributed by atoms with E-state index in [1.165, 1.54) is 0 Å². The van der Waals surface area contributed by atoms with E-state index in [1.54, 1.807) is 25.3 Å². The number of piperazine rings is 1. The number of nitrogens with one attached hydrogen (secondary N) is 1. The first-order chi connectivity index (χ1) is 16.0. The summed E-state index contributed by atoms with van der Waals surface area (Å²) in [5.41, 5.74) is 1.57. The molecule has 2 aliphatic rings. The fourth-order valence-electron chi connectivity index (χ4n) is 4.56. The van der Waals surface area contributed by atoms with Gasteiger partial charge in [0.05, 0.1) is 18.7 Å². The smallest absolute Gasteiger partial charge is 0.246 e. The summed E-state index contributed by atoms with van der Waals surface area (Å²) in [6, 6.07) is 14.6. The quantitative estimate of drug-likeness (QED) is 0.672. The van der Waals surface area contributed by atoms with E-state index < -0.39 is 6.04 Å². The number of carbonyl (C=O) groups excluding carboxylic acids is 2. The standard InChI is InChI=1S/C25H31ClN4O3/c1-33-22-10-9-20(17-21(22)26)27-25(32)24(19-7-3-2-4-8-19)30-15-13-28(14-16-30)18-23(31)29-11-5-6-12-29/h2-4,7-10,17,24H,5-6,11-16,18H2,1H3,(H,27,32)/t24-/m0/s1. The van der Waals surface area contributed by atoms with Crippen LogP contribution in [0.4, 0.5) is 5.69 Å². The van der Waals surface area contributed by atoms with Gasteiger partial charge in [-0.2, -0.15) is 0 Å². The molecule has 8 heteroatoms. The number of methoxy groups -OCH3 is 1. The number of halogens is 1. The van der Waals surface area contributed by atoms with Crippen molar-refractivity contribution in [3.05, 3.63) is 59.1 Å². The van der Waals surface area contributed by atoms with E-state index in [1.807, 2.05) is 35.2 Å². The Morgan fingerprint density at radius 3 is 2.33 bits per heavy atom. The zero-order valence-electron chi connectivity index (χ0n) is 19.0. The number of nitrogens with zero attached hydrogens (tertiary/aromatic N) is 3. The molecule has 1 N–H and O–H groups in total. The van der Waals surface area contributed by atoms with Crippen molar-refractivity contribution < 1.29 is 14.3 Å². The third-order valence-electron chi connectivity index (χ3n) is 6.37. The number of hydrogen-bond donors (Lipinski definition) is 1. The summed E-state index contributed by atoms with van der Waals surface area (Å²) in [7, 11) is 1.56. The van der Waals surface area contributed by atoms with Crippen molar-refractivity contribution in [2.45, 2.75) is 18.9 Å². The molecule has 33 heavy (non-hydrogen) atoms. The number of anilines is 1. The SMILES string of the molecule is COc1ccc(NC(=O)[C@H](c2ccccc2)N2CCN(CC(=O)N3CCCC3)CC2)cc1Cl. The second kappa shape index (κ2) is 11.0. The van der Waals surface area contributed by atoms with Crippen LogP contribution in [0.3, 0.4) is 0 Å². The van der Waals surface area contributed by atoms with Gasteiger partial charge in [-0.25, -0.2) is 0 Å². The molecule has 2 aromatic carbocycles. The molecule has 2 heterocycles. The summed E-state index contributed by atoms with van der Waals surface area (Å²) in [6.07, 6.45) is 2.21. The maximum Gasteiger partial charge on any atom is 0.246 e. The molecule has 176 valence electrons. The summed E-state index contributed by atoms with van der Waals surface area (Å²) in [6.45, 7) is 5.15. The number of rotatable bonds is 7. The molecule has 2 amide bonds. The first-order valence-corrected chi connectivity index (χ1v) is 11.9. The zero-order valence-corrected chi connectivity index (χ0v) is 19.8. The third-order valence-corrected chi connectivity index (χ3v) is 6.67. The van der Waals surface area contributed by atoms with Crippen LogP contribution in [0.1, 0.15) is 24.4 Å². The van der Waals surface area contributed by atoms with Gasteiger partial charge in [0.1, 0.15) is 11.8 Å². The monoisotopic (exact) mass is 470 g/mol. The van der Waals surface area contributed by atoms with Crippen LogP contribution in [-0.4, -0.2) is 79.4 Å². The zero-order chi connectivity index (χ0) is 23.2. The fraction of sp³-hybridized carbons (Fsp3) is 0.440. The largest absolute Gasteiger partial charge is 0.495 e. The highest BCUT2D eigenvalue weighted by Crippen LogP contribution is 2.29. The minimum Gasteiger partial charge on any atom is -0.495 e. The molecule has 2 aliphatic heterocycles. The van der Waals surface area contributed by atoms with Crippen LogP contribution in [-0.2, 0) is 9.59 Å². The minimum absolute atomic E-state index is 0.107. The molecule has 0 aliphatic carbocycles. The predicted octanol–water partition coefficient (Wildman–Crippen LogP) is 3.27. The van der Waals surface area contributed by atoms with E-state index in [9.17, 15) is 9.59 Å². The van der Waals surface area contributed by atoms with Gasteiger partial charge < -0.3 is 15.0 Å². The van der Waals surface area contributed by atoms with Gasteiger partial charge in [0.25, 0.3) is 0 Å². The normalized spacial score (nSPS) is 18.2. The molecule has 2 saturated heterocycles. The fourth-order valence-corrected chi connectivity index (χ4v) is 4.81. The van der Waals surface area contributed by atoms with Crippen molar-refractivity contribution in [1.82, 2.24) is 14.7 Å². The number of ether oxygens (including phenoxy) is 1. The minimum atomic E-state index is -0.427. The second-order valence-electron chi connectivity index (χ2n) is 8.55. The van der Waals surface area contributed by atoms with Crippen LogP contribution in [0.25, 0.3) is 0 Å². The van der Waals surface area contributed by atoms with Gasteiger partial charge in [-0.3, -0.25) is 19.4 Å². The van der Waals surface area contributed by atoms with Crippen LogP contribution >= 0.6 is 11.6 Å². The van der Waals surface area contributed by atoms with Gasteiger partial charge >= 0.3 is 0 Å². The summed E-state index contributed by atoms with van der Waals surface area (Å²) in [4.78, 5) is 32.3. The van der Waals surface area contributed by atoms with Gasteiger partial charge in [-0.05, 0) is 36.6 Å². The van der Waals surface area contributed by atoms with Crippen molar-refractivity contribution in [1.29, 1.82) is 0 Å². The lowest BCUT2D eigenvalue weighted by Gasteiger charge is -2.39. The summed E-state index contributed by atoms with van der Waals surface area (Å²) in [5, 5.41) is 3.46. The Morgan fingerprint density at radius 1 is 1.00 bits per heavy atom. The van der Waals surface area contributed by atoms with Crippen molar-refractivity contribution >= 4 is 29.1 Å². The molecule has 4 rings (SSSR count). The number of hydrogen-bond acceptors (Lipinski definition) is 5. The van der Waals surface area contributed by atoms with Crippen LogP contribution in [0, 0.1) is 0 Å². The molecule has 2 fully saturated rings. The first-order valence-electron chi connectivity index (χ1n) is 11.5. The van der Waals surface area contributed by atoms with Gasteiger partial charge in [0, 0.05) is 45.0 Å². The Hall–Kier alpha value is -2.61. The van der Waals surface area contributed by atoms with Crippen LogP contribution in [0.15, 0.2) is 48.5 Å². The van der Waals surface area contributed by atoms with E-state index in [4.69, 9.17) is 16.3 Å². The Balaban J connectivity index is 1.42. The van der Waals surface area contributed by atoms with Crippen molar-refractivity contribution in [2.24, 2.45) is 0 Å². The molecule has 1 atom stereocenters. The summed E-state index contributed by atoms with van der Waals surface area (Å²) >= 11 is 6.24. The highest BCUT2D eigenvalue weighted by molar-refractivity contribution is 6.32. The van der Waals surface area contributed by atoms with E-state index in [2.05, 4.69) is 15.1 Å². The van der Waals surface area contributed by atoms with Gasteiger partial charge in [0.2, 0.25) is 11.8 Å². The topological polar surface area (TPSA) is 65.1 Å². The molecule has 0 bridgehead atoms. The number of carbonyl (C=O) groups is 2. The van der Waals surface area contributed by atoms with E-state index in [-0.39, 0.29) is 11.8 Å². The van der Waals surface area contributed by atoms with E-state index in [0.29, 0.717) is 36.1 Å². The van der Waals surface area contributed by atoms with E-state index in [0.717, 1.165) is 44.6 Å². The van der Waals surface area contributed by atoms with Crippen LogP contribution < -0.4 is 10.1 Å². The molecule has 0 saturated carbocycles. The summed E-state index contributed by atoms with van der Waals surface area (Å²) in [5.74, 6) is 0.674. The summed E-state index contributed by atoms with van der Waals surface area (Å²) < 4.78 is 5.20. The maximum atomic E-state index is 13.4. The molecule has 0 radical (unpaired) electrons. The Kier molecular flexibility index (Phi) is 7.85. The second-order valence-corrected chi connectivity index (χ2v) is 8.96. The molecule has 2 aromatic rings. The lowest BCUT2D eigenvalue weighted by atomic mass is 10.0. The predicted molar refractivity (Wildman–Crippen MR) is 130 cm³/mol. The van der Waals surface area contributed by atoms with E-state index >= 15 is 0 Å². The van der Waals surface area contributed by atoms with Crippen LogP contribution in [0.5, 0.6) is 5.75 Å². The third kappa shape index (κ3) is 5.85. The Labute approximate surface area is 200 Å². The molecule has 0 spiro atoms. The number of benzene rings is 2. The lowest BCUT2D eigenvalue weighted by molar-refractivity contribution is -0.132. The Morgan fingerprint density at radius 2 is 1.70 bits per heavy atom. The lowest BCUT2D eigenvalue weighted by Crippen LogP contribution is -2.52. The van der Waals surface area contributed by atoms with Gasteiger partial charge in [0.15, 0.2) is 0 Å². The average molecular weight is 471 g/mol.